The fraction of sp³-hybridized carbons (Fsp3) is 0.647. The van der Waals surface area contributed by atoms with E-state index in [0.29, 0.717) is 18.8 Å². The molecule has 0 N–H and O–H groups in total. The summed E-state index contributed by atoms with van der Waals surface area (Å²) in [6.07, 6.45) is 6.55. The van der Waals surface area contributed by atoms with Crippen molar-refractivity contribution in [2.24, 2.45) is 5.41 Å². The molecule has 2 atom stereocenters. The van der Waals surface area contributed by atoms with Gasteiger partial charge in [0, 0.05) is 49.7 Å². The third kappa shape index (κ3) is 3.01. The van der Waals surface area contributed by atoms with Crippen molar-refractivity contribution in [2.45, 2.75) is 32.3 Å². The molecule has 0 spiro atoms. The molecule has 0 unspecified atom stereocenters. The van der Waals surface area contributed by atoms with Crippen LogP contribution in [0.4, 0.5) is 0 Å². The number of piperidine rings is 1. The summed E-state index contributed by atoms with van der Waals surface area (Å²) in [5.74, 6) is 0.0855. The molecule has 22 heavy (non-hydrogen) atoms. The van der Waals surface area contributed by atoms with Crippen molar-refractivity contribution in [3.05, 3.63) is 30.1 Å². The Bertz CT molecular complexity index is 508. The summed E-state index contributed by atoms with van der Waals surface area (Å²) in [7, 11) is 0. The molecule has 0 aliphatic carbocycles. The second kappa shape index (κ2) is 6.75. The summed E-state index contributed by atoms with van der Waals surface area (Å²) in [5.41, 5.74) is 0.659. The van der Waals surface area contributed by atoms with Crippen LogP contribution < -0.4 is 0 Å². The standard InChI is InChI=1S/C17H24N2O3/c1-2-21-13-17-7-3-11-22-15(17)6-10-19(12-17)16(20)14-4-8-18-9-5-14/h4-5,8-9,15H,2-3,6-7,10-13H2,1H3/t15-,17+/m1/s1. The van der Waals surface area contributed by atoms with E-state index in [4.69, 9.17) is 9.47 Å². The molecular formula is C17H24N2O3. The van der Waals surface area contributed by atoms with Crippen LogP contribution in [0, 0.1) is 5.41 Å². The van der Waals surface area contributed by atoms with E-state index in [1.165, 1.54) is 0 Å². The lowest BCUT2D eigenvalue weighted by Crippen LogP contribution is -2.58. The van der Waals surface area contributed by atoms with E-state index in [0.717, 1.165) is 39.0 Å². The highest BCUT2D eigenvalue weighted by atomic mass is 16.5. The predicted molar refractivity (Wildman–Crippen MR) is 82.7 cm³/mol. The molecule has 2 aliphatic rings. The highest BCUT2D eigenvalue weighted by Crippen LogP contribution is 2.40. The van der Waals surface area contributed by atoms with Gasteiger partial charge in [-0.15, -0.1) is 0 Å². The lowest BCUT2D eigenvalue weighted by molar-refractivity contribution is -0.146. The van der Waals surface area contributed by atoms with Crippen molar-refractivity contribution < 1.29 is 14.3 Å². The maximum atomic E-state index is 12.7. The molecule has 2 fully saturated rings. The normalized spacial score (nSPS) is 28.2. The van der Waals surface area contributed by atoms with Crippen LogP contribution in [0.5, 0.6) is 0 Å². The zero-order chi connectivity index (χ0) is 15.4. The molecule has 1 amide bonds. The first kappa shape index (κ1) is 15.4. The van der Waals surface area contributed by atoms with Gasteiger partial charge in [0.25, 0.3) is 5.91 Å². The Morgan fingerprint density at radius 3 is 3.09 bits per heavy atom. The number of nitrogens with zero attached hydrogens (tertiary/aromatic N) is 2. The topological polar surface area (TPSA) is 51.7 Å². The van der Waals surface area contributed by atoms with Crippen LogP contribution >= 0.6 is 0 Å². The number of aromatic nitrogens is 1. The van der Waals surface area contributed by atoms with Gasteiger partial charge in [0.1, 0.15) is 0 Å². The van der Waals surface area contributed by atoms with Gasteiger partial charge in [0.05, 0.1) is 12.7 Å². The number of hydrogen-bond donors (Lipinski definition) is 0. The first-order valence-electron chi connectivity index (χ1n) is 8.14. The van der Waals surface area contributed by atoms with Gasteiger partial charge >= 0.3 is 0 Å². The van der Waals surface area contributed by atoms with E-state index in [2.05, 4.69) is 4.98 Å². The van der Waals surface area contributed by atoms with Crippen LogP contribution in [0.1, 0.15) is 36.5 Å². The van der Waals surface area contributed by atoms with Gasteiger partial charge in [-0.3, -0.25) is 9.78 Å². The average Bonchev–Trinajstić information content (AvgIpc) is 2.59. The highest BCUT2D eigenvalue weighted by Gasteiger charge is 2.47. The number of ether oxygens (including phenoxy) is 2. The molecule has 0 saturated carbocycles. The molecular weight excluding hydrogens is 280 g/mol. The van der Waals surface area contributed by atoms with Crippen LogP contribution in [0.2, 0.25) is 0 Å². The molecule has 5 nitrogen and oxygen atoms in total. The van der Waals surface area contributed by atoms with Crippen LogP contribution in [-0.2, 0) is 9.47 Å². The molecule has 2 aliphatic heterocycles. The largest absolute Gasteiger partial charge is 0.381 e. The van der Waals surface area contributed by atoms with Crippen molar-refractivity contribution in [1.82, 2.24) is 9.88 Å². The number of rotatable bonds is 4. The van der Waals surface area contributed by atoms with Crippen molar-refractivity contribution in [2.75, 3.05) is 32.9 Å². The molecule has 1 aromatic heterocycles. The Morgan fingerprint density at radius 2 is 2.32 bits per heavy atom. The van der Waals surface area contributed by atoms with Gasteiger partial charge in [-0.1, -0.05) is 0 Å². The quantitative estimate of drug-likeness (QED) is 0.855. The Kier molecular flexibility index (Phi) is 4.74. The van der Waals surface area contributed by atoms with Crippen LogP contribution in [0.25, 0.3) is 0 Å². The zero-order valence-electron chi connectivity index (χ0n) is 13.2. The Hall–Kier alpha value is -1.46. The van der Waals surface area contributed by atoms with Crippen LogP contribution in [-0.4, -0.2) is 54.8 Å². The first-order chi connectivity index (χ1) is 10.7. The van der Waals surface area contributed by atoms with Crippen molar-refractivity contribution >= 4 is 5.91 Å². The predicted octanol–water partition coefficient (Wildman–Crippen LogP) is 2.13. The van der Waals surface area contributed by atoms with Crippen molar-refractivity contribution in [1.29, 1.82) is 0 Å². The van der Waals surface area contributed by atoms with E-state index < -0.39 is 0 Å². The molecule has 0 bridgehead atoms. The van der Waals surface area contributed by atoms with Gasteiger partial charge < -0.3 is 14.4 Å². The number of hydrogen-bond acceptors (Lipinski definition) is 4. The minimum Gasteiger partial charge on any atom is -0.381 e. The van der Waals surface area contributed by atoms with Crippen molar-refractivity contribution in [3.8, 4) is 0 Å². The van der Waals surface area contributed by atoms with Crippen LogP contribution in [0.3, 0.4) is 0 Å². The fourth-order valence-electron chi connectivity index (χ4n) is 3.66. The summed E-state index contributed by atoms with van der Waals surface area (Å²) < 4.78 is 11.7. The Morgan fingerprint density at radius 1 is 1.50 bits per heavy atom. The second-order valence-corrected chi connectivity index (χ2v) is 6.21. The fourth-order valence-corrected chi connectivity index (χ4v) is 3.66. The molecule has 0 aromatic carbocycles. The molecule has 2 saturated heterocycles. The maximum absolute atomic E-state index is 12.7. The van der Waals surface area contributed by atoms with E-state index >= 15 is 0 Å². The third-order valence-corrected chi connectivity index (χ3v) is 4.80. The molecule has 1 aromatic rings. The number of carbonyl (C=O) groups is 1. The zero-order valence-corrected chi connectivity index (χ0v) is 13.2. The van der Waals surface area contributed by atoms with E-state index in [-0.39, 0.29) is 17.4 Å². The van der Waals surface area contributed by atoms with Gasteiger partial charge in [-0.25, -0.2) is 0 Å². The number of fused-ring (bicyclic) bond motifs is 1. The van der Waals surface area contributed by atoms with Gasteiger partial charge in [-0.2, -0.15) is 0 Å². The molecule has 5 heteroatoms. The van der Waals surface area contributed by atoms with Gasteiger partial charge in [0.15, 0.2) is 0 Å². The first-order valence-corrected chi connectivity index (χ1v) is 8.14. The summed E-state index contributed by atoms with van der Waals surface area (Å²) >= 11 is 0. The third-order valence-electron chi connectivity index (χ3n) is 4.80. The molecule has 120 valence electrons. The Labute approximate surface area is 131 Å². The molecule has 3 rings (SSSR count). The molecule has 3 heterocycles. The summed E-state index contributed by atoms with van der Waals surface area (Å²) in [6.45, 7) is 5.69. The summed E-state index contributed by atoms with van der Waals surface area (Å²) in [4.78, 5) is 18.6. The lowest BCUT2D eigenvalue weighted by atomic mass is 9.73. The van der Waals surface area contributed by atoms with Gasteiger partial charge in [-0.05, 0) is 38.3 Å². The minimum atomic E-state index is -0.0464. The smallest absolute Gasteiger partial charge is 0.253 e. The highest BCUT2D eigenvalue weighted by molar-refractivity contribution is 5.94. The maximum Gasteiger partial charge on any atom is 0.253 e. The van der Waals surface area contributed by atoms with E-state index in [9.17, 15) is 4.79 Å². The van der Waals surface area contributed by atoms with Crippen molar-refractivity contribution in [3.63, 3.8) is 0 Å². The summed E-state index contributed by atoms with van der Waals surface area (Å²) in [6, 6.07) is 3.56. The molecule has 0 radical (unpaired) electrons. The average molecular weight is 304 g/mol. The summed E-state index contributed by atoms with van der Waals surface area (Å²) in [5, 5.41) is 0. The monoisotopic (exact) mass is 304 g/mol. The minimum absolute atomic E-state index is 0.0464. The second-order valence-electron chi connectivity index (χ2n) is 6.21. The van der Waals surface area contributed by atoms with Gasteiger partial charge in [0.2, 0.25) is 0 Å². The lowest BCUT2D eigenvalue weighted by Gasteiger charge is -2.50. The Balaban J connectivity index is 1.76. The number of carbonyl (C=O) groups excluding carboxylic acids is 1. The van der Waals surface area contributed by atoms with E-state index in [1.807, 2.05) is 11.8 Å². The van der Waals surface area contributed by atoms with Crippen LogP contribution in [0.15, 0.2) is 24.5 Å². The SMILES string of the molecule is CCOC[C@@]12CCCO[C@@H]1CCN(C(=O)c1ccncc1)C2. The number of amides is 1. The number of likely N-dealkylation sites (tertiary alicyclic amines) is 1. The number of pyridine rings is 1. The van der Waals surface area contributed by atoms with E-state index in [1.54, 1.807) is 24.5 Å².